The smallest absolute Gasteiger partial charge is 0.249 e. The second-order valence-corrected chi connectivity index (χ2v) is 3.22. The summed E-state index contributed by atoms with van der Waals surface area (Å²) in [4.78, 5) is 14.5. The van der Waals surface area contributed by atoms with E-state index in [4.69, 9.17) is 11.5 Å². The Bertz CT molecular complexity index is 381. The highest BCUT2D eigenvalue weighted by molar-refractivity contribution is 5.79. The Labute approximate surface area is 86.5 Å². The lowest BCUT2D eigenvalue weighted by molar-refractivity contribution is -0.132. The number of aliphatic hydroxyl groups excluding tert-OH is 2. The molecule has 82 valence electrons. The number of nitrogens with two attached hydrogens (primary N) is 2. The van der Waals surface area contributed by atoms with Crippen LogP contribution in [0.3, 0.4) is 0 Å². The van der Waals surface area contributed by atoms with Gasteiger partial charge in [-0.3, -0.25) is 9.78 Å². The van der Waals surface area contributed by atoms with Gasteiger partial charge in [0, 0.05) is 6.20 Å². The number of anilines is 1. The highest BCUT2D eigenvalue weighted by Crippen LogP contribution is 2.23. The van der Waals surface area contributed by atoms with E-state index >= 15 is 0 Å². The number of hydrogen-bond donors (Lipinski definition) is 4. The van der Waals surface area contributed by atoms with E-state index in [0.29, 0.717) is 5.56 Å². The Morgan fingerprint density at radius 2 is 2.13 bits per heavy atom. The molecule has 0 saturated heterocycles. The summed E-state index contributed by atoms with van der Waals surface area (Å²) in [7, 11) is 0. The summed E-state index contributed by atoms with van der Waals surface area (Å²) in [5.41, 5.74) is 11.5. The lowest BCUT2D eigenvalue weighted by Crippen LogP contribution is -2.34. The molecule has 6 N–H and O–H groups in total. The van der Waals surface area contributed by atoms with Gasteiger partial charge in [-0.15, -0.1) is 0 Å². The topological polar surface area (TPSA) is 122 Å². The van der Waals surface area contributed by atoms with Crippen LogP contribution in [0.1, 0.15) is 17.4 Å². The molecule has 0 bridgehead atoms. The minimum Gasteiger partial charge on any atom is -0.397 e. The van der Waals surface area contributed by atoms with Crippen molar-refractivity contribution in [2.45, 2.75) is 19.1 Å². The molecule has 1 aromatic rings. The number of aryl methyl sites for hydroxylation is 1. The van der Waals surface area contributed by atoms with Crippen molar-refractivity contribution in [2.24, 2.45) is 5.73 Å². The van der Waals surface area contributed by atoms with Gasteiger partial charge in [0.1, 0.15) is 6.10 Å². The quantitative estimate of drug-likeness (QED) is 0.503. The summed E-state index contributed by atoms with van der Waals surface area (Å²) in [5, 5.41) is 18.8. The van der Waals surface area contributed by atoms with Gasteiger partial charge in [0.2, 0.25) is 5.91 Å². The number of pyridine rings is 1. The number of amides is 1. The van der Waals surface area contributed by atoms with Crippen molar-refractivity contribution in [3.8, 4) is 0 Å². The van der Waals surface area contributed by atoms with Gasteiger partial charge in [-0.05, 0) is 18.6 Å². The number of nitrogen functional groups attached to an aromatic ring is 1. The largest absolute Gasteiger partial charge is 0.397 e. The van der Waals surface area contributed by atoms with E-state index in [-0.39, 0.29) is 11.4 Å². The van der Waals surface area contributed by atoms with Crippen LogP contribution in [-0.2, 0) is 4.79 Å². The molecule has 0 fully saturated rings. The molecule has 6 heteroatoms. The molecule has 0 aromatic carbocycles. The van der Waals surface area contributed by atoms with Crippen LogP contribution in [0.15, 0.2) is 12.3 Å². The van der Waals surface area contributed by atoms with Gasteiger partial charge < -0.3 is 21.7 Å². The van der Waals surface area contributed by atoms with Crippen molar-refractivity contribution in [3.63, 3.8) is 0 Å². The van der Waals surface area contributed by atoms with Crippen LogP contribution in [-0.4, -0.2) is 27.2 Å². The van der Waals surface area contributed by atoms with Gasteiger partial charge in [0.15, 0.2) is 6.10 Å². The van der Waals surface area contributed by atoms with E-state index in [9.17, 15) is 15.0 Å². The highest BCUT2D eigenvalue weighted by atomic mass is 16.3. The predicted octanol–water partition coefficient (Wildman–Crippen LogP) is -1.15. The van der Waals surface area contributed by atoms with Crippen molar-refractivity contribution in [1.29, 1.82) is 0 Å². The second-order valence-electron chi connectivity index (χ2n) is 3.22. The molecular formula is C9H13N3O3. The Balaban J connectivity index is 3.06. The third kappa shape index (κ3) is 2.23. The van der Waals surface area contributed by atoms with Crippen LogP contribution in [0.2, 0.25) is 0 Å². The summed E-state index contributed by atoms with van der Waals surface area (Å²) < 4.78 is 0. The molecule has 6 nitrogen and oxygen atoms in total. The third-order valence-electron chi connectivity index (χ3n) is 2.11. The number of aromatic nitrogens is 1. The van der Waals surface area contributed by atoms with Crippen LogP contribution in [0.25, 0.3) is 0 Å². The lowest BCUT2D eigenvalue weighted by atomic mass is 10.1. The molecule has 0 saturated carbocycles. The van der Waals surface area contributed by atoms with Gasteiger partial charge in [0.05, 0.1) is 11.4 Å². The van der Waals surface area contributed by atoms with E-state index in [1.54, 1.807) is 13.0 Å². The minimum absolute atomic E-state index is 0.0568. The molecule has 2 unspecified atom stereocenters. The van der Waals surface area contributed by atoms with E-state index in [1.165, 1.54) is 6.20 Å². The Morgan fingerprint density at radius 1 is 1.53 bits per heavy atom. The molecule has 0 aliphatic carbocycles. The van der Waals surface area contributed by atoms with Gasteiger partial charge in [0.25, 0.3) is 0 Å². The van der Waals surface area contributed by atoms with E-state index in [2.05, 4.69) is 4.98 Å². The molecule has 15 heavy (non-hydrogen) atoms. The van der Waals surface area contributed by atoms with Crippen LogP contribution in [0, 0.1) is 6.92 Å². The fourth-order valence-corrected chi connectivity index (χ4v) is 1.13. The molecule has 1 rings (SSSR count). The van der Waals surface area contributed by atoms with E-state index < -0.39 is 18.1 Å². The SMILES string of the molecule is Cc1ccnc(C(O)C(O)C(N)=O)c1N. The summed E-state index contributed by atoms with van der Waals surface area (Å²) in [6, 6.07) is 1.65. The number of carbonyl (C=O) groups is 1. The summed E-state index contributed by atoms with van der Waals surface area (Å²) in [6.45, 7) is 1.73. The molecule has 1 heterocycles. The first-order chi connectivity index (χ1) is 6.95. The fraction of sp³-hybridized carbons (Fsp3) is 0.333. The Morgan fingerprint density at radius 3 is 2.67 bits per heavy atom. The van der Waals surface area contributed by atoms with E-state index in [0.717, 1.165) is 0 Å². The lowest BCUT2D eigenvalue weighted by Gasteiger charge is -2.16. The molecule has 0 spiro atoms. The highest BCUT2D eigenvalue weighted by Gasteiger charge is 2.26. The number of hydrogen-bond acceptors (Lipinski definition) is 5. The van der Waals surface area contributed by atoms with Crippen molar-refractivity contribution in [1.82, 2.24) is 4.98 Å². The van der Waals surface area contributed by atoms with Crippen molar-refractivity contribution in [3.05, 3.63) is 23.5 Å². The molecule has 0 radical (unpaired) electrons. The maximum Gasteiger partial charge on any atom is 0.249 e. The number of primary amides is 1. The summed E-state index contributed by atoms with van der Waals surface area (Å²) in [5.74, 6) is -1.02. The zero-order chi connectivity index (χ0) is 11.6. The average molecular weight is 211 g/mol. The molecular weight excluding hydrogens is 198 g/mol. The zero-order valence-corrected chi connectivity index (χ0v) is 8.21. The van der Waals surface area contributed by atoms with Gasteiger partial charge in [-0.25, -0.2) is 0 Å². The predicted molar refractivity (Wildman–Crippen MR) is 53.5 cm³/mol. The van der Waals surface area contributed by atoms with Gasteiger partial charge >= 0.3 is 0 Å². The number of carbonyl (C=O) groups excluding carboxylic acids is 1. The maximum atomic E-state index is 10.7. The Kier molecular flexibility index (Phi) is 3.23. The van der Waals surface area contributed by atoms with Crippen molar-refractivity contribution in [2.75, 3.05) is 5.73 Å². The number of aliphatic hydroxyl groups is 2. The second kappa shape index (κ2) is 4.24. The summed E-state index contributed by atoms with van der Waals surface area (Å²) in [6.07, 6.45) is -1.78. The molecule has 0 aliphatic rings. The van der Waals surface area contributed by atoms with Crippen LogP contribution < -0.4 is 11.5 Å². The molecule has 0 aliphatic heterocycles. The maximum absolute atomic E-state index is 10.7. The molecule has 2 atom stereocenters. The van der Waals surface area contributed by atoms with Crippen LogP contribution in [0.4, 0.5) is 5.69 Å². The van der Waals surface area contributed by atoms with Crippen molar-refractivity contribution >= 4 is 11.6 Å². The minimum atomic E-state index is -1.71. The standard InChI is InChI=1S/C9H13N3O3/c1-4-2-3-12-6(5(4)10)7(13)8(14)9(11)15/h2-3,7-8,13-14H,10H2,1H3,(H2,11,15). The van der Waals surface area contributed by atoms with Crippen molar-refractivity contribution < 1.29 is 15.0 Å². The first-order valence-corrected chi connectivity index (χ1v) is 4.31. The molecule has 1 aromatic heterocycles. The van der Waals surface area contributed by atoms with Crippen LogP contribution in [0.5, 0.6) is 0 Å². The summed E-state index contributed by atoms with van der Waals surface area (Å²) >= 11 is 0. The first-order valence-electron chi connectivity index (χ1n) is 4.31. The fourth-order valence-electron chi connectivity index (χ4n) is 1.13. The van der Waals surface area contributed by atoms with Gasteiger partial charge in [-0.1, -0.05) is 0 Å². The normalized spacial score (nSPS) is 14.6. The average Bonchev–Trinajstić information content (AvgIpc) is 2.20. The Hall–Kier alpha value is -1.66. The first kappa shape index (κ1) is 11.4. The molecule has 1 amide bonds. The zero-order valence-electron chi connectivity index (χ0n) is 8.21. The van der Waals surface area contributed by atoms with E-state index in [1.807, 2.05) is 0 Å². The van der Waals surface area contributed by atoms with Gasteiger partial charge in [-0.2, -0.15) is 0 Å². The number of rotatable bonds is 3. The monoisotopic (exact) mass is 211 g/mol. The third-order valence-corrected chi connectivity index (χ3v) is 2.11. The number of nitrogens with zero attached hydrogens (tertiary/aromatic N) is 1. The van der Waals surface area contributed by atoms with Crippen LogP contribution >= 0.6 is 0 Å².